The van der Waals surface area contributed by atoms with Crippen LogP contribution in [0.3, 0.4) is 0 Å². The second-order valence-corrected chi connectivity index (χ2v) is 31.5. The van der Waals surface area contributed by atoms with Crippen LogP contribution < -0.4 is 53.2 Å². The topological polar surface area (TPSA) is 329 Å². The van der Waals surface area contributed by atoms with E-state index in [9.17, 15) is 10.2 Å². The summed E-state index contributed by atoms with van der Waals surface area (Å²) in [5, 5.41) is 53.9. The van der Waals surface area contributed by atoms with Crippen molar-refractivity contribution in [2.45, 2.75) is 108 Å². The summed E-state index contributed by atoms with van der Waals surface area (Å²) in [6.45, 7) is 17.7. The van der Waals surface area contributed by atoms with Gasteiger partial charge >= 0.3 is 0 Å². The monoisotopic (exact) mass is 1660 g/mol. The van der Waals surface area contributed by atoms with Crippen LogP contribution in [0.2, 0.25) is 5.02 Å². The molecule has 5 saturated heterocycles. The van der Waals surface area contributed by atoms with Crippen molar-refractivity contribution in [1.82, 2.24) is 103 Å². The van der Waals surface area contributed by atoms with E-state index in [2.05, 4.69) is 103 Å². The van der Waals surface area contributed by atoms with Crippen LogP contribution in [0.15, 0.2) is 238 Å². The van der Waals surface area contributed by atoms with Crippen LogP contribution in [0.1, 0.15) is 75.5 Å². The molecule has 0 radical (unpaired) electrons. The molecular weight excluding hydrogens is 1560 g/mol. The highest BCUT2D eigenvalue weighted by molar-refractivity contribution is 6.30. The first-order chi connectivity index (χ1) is 60.7. The lowest BCUT2D eigenvalue weighted by Gasteiger charge is -2.24. The van der Waals surface area contributed by atoms with Crippen molar-refractivity contribution in [3.8, 4) is 68.1 Å². The summed E-state index contributed by atoms with van der Waals surface area (Å²) >= 11 is 6.11. The van der Waals surface area contributed by atoms with Crippen LogP contribution in [0, 0.1) is 6.57 Å². The molecule has 0 unspecified atom stereocenters. The van der Waals surface area contributed by atoms with Crippen molar-refractivity contribution in [3.05, 3.63) is 266 Å². The number of aliphatic hydroxyl groups is 2. The molecular formula is C93H100ClN27O2. The number of piperidine rings is 5. The molecule has 0 saturated carbocycles. The van der Waals surface area contributed by atoms with E-state index in [1.807, 2.05) is 220 Å². The number of imidazole rings is 5. The molecule has 5 aliphatic rings. The minimum atomic E-state index is -0.0571. The molecule has 5 aliphatic heterocycles. The van der Waals surface area contributed by atoms with Crippen LogP contribution in [0.25, 0.3) is 101 Å². The SMILES string of the molecule is Clc1ccc2ncc(-c3cccc(NC4CCNCC4)n3)n2c1.OCc1ccc(-c2ccc3ncc(-c4cccc(NC5CCNCC5)n4)n3c2)cn1.OCc1ccc2ncc(-c3cccc(NC4CCNCC4)n3)n2c1.[C-]#[N+]c1ccc2ncc(-c3cccc(NC4CCNCC4)n3)n2c1.c1cc(NC2CCNCC2)nc(-c2cnc3ccccn23)c1. The predicted octanol–water partition coefficient (Wildman–Crippen LogP) is 14.1. The first kappa shape index (κ1) is 82.2. The van der Waals surface area contributed by atoms with Crippen LogP contribution in [0.5, 0.6) is 0 Å². The van der Waals surface area contributed by atoms with E-state index in [0.717, 1.165) is 261 Å². The van der Waals surface area contributed by atoms with Crippen LogP contribution >= 0.6 is 11.6 Å². The number of nitrogens with zero attached hydrogens (tertiary/aromatic N) is 17. The molecule has 0 spiro atoms. The predicted molar refractivity (Wildman–Crippen MR) is 486 cm³/mol. The second-order valence-electron chi connectivity index (χ2n) is 31.1. The zero-order chi connectivity index (χ0) is 83.5. The molecule has 0 aromatic carbocycles. The Morgan fingerprint density at radius 2 is 0.667 bits per heavy atom. The quantitative estimate of drug-likeness (QED) is 0.0355. The Kier molecular flexibility index (Phi) is 26.7. The van der Waals surface area contributed by atoms with Crippen molar-refractivity contribution in [2.75, 3.05) is 92.0 Å². The lowest BCUT2D eigenvalue weighted by atomic mass is 10.1. The average Bonchev–Trinajstić information content (AvgIpc) is 1.67. The minimum absolute atomic E-state index is 0.0122. The number of rotatable bonds is 18. The highest BCUT2D eigenvalue weighted by atomic mass is 35.5. The van der Waals surface area contributed by atoms with Gasteiger partial charge < -0.3 is 67.8 Å². The van der Waals surface area contributed by atoms with Gasteiger partial charge in [-0.05, 0) is 250 Å². The molecule has 123 heavy (non-hydrogen) atoms. The Balaban J connectivity index is 0.000000110. The number of hydrogen-bond acceptors (Lipinski definition) is 23. The molecule has 21 heterocycles. The average molecular weight is 1660 g/mol. The van der Waals surface area contributed by atoms with Crippen molar-refractivity contribution >= 4 is 74.6 Å². The van der Waals surface area contributed by atoms with Gasteiger partial charge in [-0.25, -0.2) is 54.7 Å². The summed E-state index contributed by atoms with van der Waals surface area (Å²) in [4.78, 5) is 53.9. The van der Waals surface area contributed by atoms with E-state index in [0.29, 0.717) is 46.6 Å². The number of anilines is 5. The normalized spacial score (nSPS) is 15.5. The molecule has 0 atom stereocenters. The summed E-state index contributed by atoms with van der Waals surface area (Å²) in [5.74, 6) is 4.53. The zero-order valence-electron chi connectivity index (χ0n) is 68.3. The highest BCUT2D eigenvalue weighted by Crippen LogP contribution is 2.31. The Morgan fingerprint density at radius 1 is 0.325 bits per heavy atom. The Bertz CT molecular complexity index is 6220. The lowest BCUT2D eigenvalue weighted by Crippen LogP contribution is -2.35. The van der Waals surface area contributed by atoms with Crippen molar-refractivity contribution in [2.24, 2.45) is 0 Å². The number of fused-ring (bicyclic) bond motifs is 5. The van der Waals surface area contributed by atoms with Crippen LogP contribution in [0.4, 0.5) is 34.8 Å². The van der Waals surface area contributed by atoms with Gasteiger partial charge in [0.25, 0.3) is 0 Å². The fourth-order valence-corrected chi connectivity index (χ4v) is 16.2. The third-order valence-corrected chi connectivity index (χ3v) is 22.8. The van der Waals surface area contributed by atoms with Gasteiger partial charge in [-0.15, -0.1) is 0 Å². The molecule has 626 valence electrons. The number of pyridine rings is 11. The van der Waals surface area contributed by atoms with Crippen molar-refractivity contribution in [3.63, 3.8) is 0 Å². The summed E-state index contributed by atoms with van der Waals surface area (Å²) in [6.07, 6.45) is 31.8. The fraction of sp³-hybridized carbons (Fsp3) is 0.290. The Labute approximate surface area is 717 Å². The fourth-order valence-electron chi connectivity index (χ4n) is 16.0. The van der Waals surface area contributed by atoms with Crippen LogP contribution in [-0.2, 0) is 13.2 Å². The molecule has 29 nitrogen and oxygen atoms in total. The molecule has 30 heteroatoms. The number of hydrogen-bond donors (Lipinski definition) is 12. The number of aromatic nitrogens is 16. The van der Waals surface area contributed by atoms with Gasteiger partial charge in [0.1, 0.15) is 57.3 Å². The smallest absolute Gasteiger partial charge is 0.203 e. The van der Waals surface area contributed by atoms with Gasteiger partial charge in [-0.3, -0.25) is 22.6 Å². The van der Waals surface area contributed by atoms with Crippen LogP contribution in [-0.4, -0.2) is 183 Å². The van der Waals surface area contributed by atoms with E-state index in [1.54, 1.807) is 24.7 Å². The maximum atomic E-state index is 9.36. The minimum Gasteiger partial charge on any atom is -0.392 e. The third kappa shape index (κ3) is 20.7. The van der Waals surface area contributed by atoms with E-state index < -0.39 is 0 Å². The van der Waals surface area contributed by atoms with E-state index in [-0.39, 0.29) is 13.2 Å². The van der Waals surface area contributed by atoms with E-state index >= 15 is 0 Å². The maximum absolute atomic E-state index is 9.36. The molecule has 12 N–H and O–H groups in total. The first-order valence-corrected chi connectivity index (χ1v) is 42.8. The van der Waals surface area contributed by atoms with E-state index in [4.69, 9.17) is 43.1 Å². The Hall–Kier alpha value is -13.2. The maximum Gasteiger partial charge on any atom is 0.203 e. The van der Waals surface area contributed by atoms with Gasteiger partial charge in [0.05, 0.1) is 118 Å². The summed E-state index contributed by atoms with van der Waals surface area (Å²) in [5.41, 5.74) is 17.6. The standard InChI is InChI=1S/C23H24N6O.C18H18N6.C18H21N5O.C17H18ClN5.C17H19N5/c30-15-19-6-4-16(12-25-19)17-5-7-23-26-13-21(29(23)14-17)20-2-1-3-22(28-20)27-18-8-10-24-11-9-18;1-19-14-5-6-18-21-11-16(24(18)12-14)15-3-2-4-17(23-15)22-13-7-9-20-10-8-13;24-12-13-4-5-18-20-10-16(23(18)11-13)15-2-1-3-17(22-15)21-14-6-8-19-9-7-14;18-12-4-5-17-20-10-15(23(17)11-12)14-2-1-3-16(22-14)21-13-6-8-19-9-7-13;1-2-11-22-15(12-19-17(22)6-1)14-4-3-5-16(21-14)20-13-7-9-18-10-8-13/h1-7,12-14,18,24,30H,8-11,15H2,(H,27,28);2-6,11-13,20H,7-10H2,(H,22,23);1-5,10-11,14,19,24H,6-9,12H2,(H,21,22);1-5,10-11,13,19H,6-9H2,(H,21,22);1-6,11-13,18H,7-10H2,(H,20,21). The van der Waals surface area contributed by atoms with Gasteiger partial charge in [-0.2, -0.15) is 0 Å². The molecule has 5 fully saturated rings. The third-order valence-electron chi connectivity index (χ3n) is 22.6. The molecule has 0 aliphatic carbocycles. The molecule has 16 aromatic rings. The summed E-state index contributed by atoms with van der Waals surface area (Å²) < 4.78 is 9.99. The zero-order valence-corrected chi connectivity index (χ0v) is 69.1. The first-order valence-electron chi connectivity index (χ1n) is 42.4. The van der Waals surface area contributed by atoms with Gasteiger partial charge in [0.15, 0.2) is 0 Å². The van der Waals surface area contributed by atoms with Gasteiger partial charge in [0.2, 0.25) is 5.69 Å². The van der Waals surface area contributed by atoms with Gasteiger partial charge in [0, 0.05) is 78.5 Å². The lowest BCUT2D eigenvalue weighted by molar-refractivity contribution is 0.277. The second kappa shape index (κ2) is 40.0. The van der Waals surface area contributed by atoms with Gasteiger partial charge in [-0.1, -0.05) is 66.2 Å². The molecule has 0 amide bonds. The summed E-state index contributed by atoms with van der Waals surface area (Å²) in [7, 11) is 0. The summed E-state index contributed by atoms with van der Waals surface area (Å²) in [6, 6.07) is 57.6. The number of halogens is 1. The molecule has 0 bridgehead atoms. The Morgan fingerprint density at radius 3 is 1.04 bits per heavy atom. The van der Waals surface area contributed by atoms with Crippen molar-refractivity contribution in [1.29, 1.82) is 0 Å². The molecule has 16 aromatic heterocycles. The largest absolute Gasteiger partial charge is 0.392 e. The number of aliphatic hydroxyl groups excluding tert-OH is 2. The van der Waals surface area contributed by atoms with Crippen molar-refractivity contribution < 1.29 is 10.2 Å². The van der Waals surface area contributed by atoms with E-state index in [1.165, 1.54) is 0 Å². The highest BCUT2D eigenvalue weighted by Gasteiger charge is 2.22. The molecule has 21 rings (SSSR count). The number of nitrogens with one attached hydrogen (secondary N) is 10.